The predicted molar refractivity (Wildman–Crippen MR) is 96.1 cm³/mol. The van der Waals surface area contributed by atoms with Crippen molar-refractivity contribution in [3.63, 3.8) is 0 Å². The first-order valence-corrected chi connectivity index (χ1v) is 8.85. The minimum atomic E-state index is -0.946. The number of benzene rings is 1. The molecule has 7 heteroatoms. The number of hydrogen-bond donors (Lipinski definition) is 2. The van der Waals surface area contributed by atoms with Gasteiger partial charge in [0.1, 0.15) is 0 Å². The third kappa shape index (κ3) is 7.23. The predicted octanol–water partition coefficient (Wildman–Crippen LogP) is 2.45. The maximum Gasteiger partial charge on any atom is 0.333 e. The van der Waals surface area contributed by atoms with Gasteiger partial charge in [0, 0.05) is 0 Å². The average Bonchev–Trinajstić information content (AvgIpc) is 2.62. The number of rotatable bonds is 11. The second kappa shape index (κ2) is 11.3. The van der Waals surface area contributed by atoms with Crippen molar-refractivity contribution in [2.24, 2.45) is 5.92 Å². The molecule has 0 radical (unpaired) electrons. The van der Waals surface area contributed by atoms with Crippen LogP contribution < -0.4 is 5.32 Å². The van der Waals surface area contributed by atoms with E-state index in [2.05, 4.69) is 5.32 Å². The van der Waals surface area contributed by atoms with Gasteiger partial charge in [-0.25, -0.2) is 9.86 Å². The van der Waals surface area contributed by atoms with Gasteiger partial charge >= 0.3 is 5.97 Å². The highest BCUT2D eigenvalue weighted by molar-refractivity contribution is 5.87. The first kappa shape index (κ1) is 21.6. The highest BCUT2D eigenvalue weighted by atomic mass is 16.5. The molecule has 0 aliphatic rings. The van der Waals surface area contributed by atoms with Crippen LogP contribution in [-0.2, 0) is 19.1 Å². The molecule has 2 N–H and O–H groups in total. The molecular weight excluding hydrogens is 336 g/mol. The summed E-state index contributed by atoms with van der Waals surface area (Å²) in [6.07, 6.45) is 2.07. The molecule has 1 rings (SSSR count). The van der Waals surface area contributed by atoms with E-state index < -0.39 is 23.8 Å². The van der Waals surface area contributed by atoms with Gasteiger partial charge in [0.15, 0.2) is 6.04 Å². The molecule has 2 atom stereocenters. The number of amides is 2. The second-order valence-corrected chi connectivity index (χ2v) is 6.40. The molecule has 0 aromatic heterocycles. The molecule has 26 heavy (non-hydrogen) atoms. The lowest BCUT2D eigenvalue weighted by Gasteiger charge is -2.24. The maximum atomic E-state index is 12.7. The van der Waals surface area contributed by atoms with Gasteiger partial charge < -0.3 is 10.1 Å². The summed E-state index contributed by atoms with van der Waals surface area (Å²) in [5.74, 6) is -1.58. The zero-order valence-corrected chi connectivity index (χ0v) is 15.6. The van der Waals surface area contributed by atoms with E-state index in [0.717, 1.165) is 12.8 Å². The summed E-state index contributed by atoms with van der Waals surface area (Å²) >= 11 is 0. The maximum absolute atomic E-state index is 12.7. The summed E-state index contributed by atoms with van der Waals surface area (Å²) in [5, 5.41) is 12.6. The van der Waals surface area contributed by atoms with Crippen molar-refractivity contribution in [2.45, 2.75) is 52.2 Å². The van der Waals surface area contributed by atoms with Gasteiger partial charge in [-0.2, -0.15) is 0 Å². The summed E-state index contributed by atoms with van der Waals surface area (Å²) in [4.78, 5) is 35.8. The zero-order chi connectivity index (χ0) is 19.5. The van der Waals surface area contributed by atoms with E-state index in [1.54, 1.807) is 38.1 Å². The summed E-state index contributed by atoms with van der Waals surface area (Å²) in [5.41, 5.74) is 0.608. The van der Waals surface area contributed by atoms with Crippen LogP contribution in [0.1, 0.15) is 51.6 Å². The molecule has 7 nitrogen and oxygen atoms in total. The van der Waals surface area contributed by atoms with Crippen LogP contribution >= 0.6 is 0 Å². The molecule has 0 bridgehead atoms. The van der Waals surface area contributed by atoms with E-state index in [9.17, 15) is 19.6 Å². The summed E-state index contributed by atoms with van der Waals surface area (Å²) in [7, 11) is 0. The molecule has 0 saturated carbocycles. The van der Waals surface area contributed by atoms with Gasteiger partial charge in [0.25, 0.3) is 0 Å². The van der Waals surface area contributed by atoms with Gasteiger partial charge in [-0.1, -0.05) is 50.1 Å². The SMILES string of the molecule is CCCC[C@H](CN(O)C=O)C(=O)N[C@H](C(=O)OC(C)C)c1ccccc1. The lowest BCUT2D eigenvalue weighted by molar-refractivity contribution is -0.157. The van der Waals surface area contributed by atoms with E-state index in [0.29, 0.717) is 17.0 Å². The van der Waals surface area contributed by atoms with Gasteiger partial charge in [-0.3, -0.25) is 14.8 Å². The van der Waals surface area contributed by atoms with Gasteiger partial charge in [-0.05, 0) is 25.8 Å². The highest BCUT2D eigenvalue weighted by Crippen LogP contribution is 2.18. The lowest BCUT2D eigenvalue weighted by Crippen LogP contribution is -2.42. The third-order valence-corrected chi connectivity index (χ3v) is 3.81. The van der Waals surface area contributed by atoms with Crippen LogP contribution in [0.4, 0.5) is 0 Å². The molecular formula is C19H28N2O5. The number of unbranched alkanes of at least 4 members (excludes halogenated alkanes) is 1. The smallest absolute Gasteiger partial charge is 0.333 e. The van der Waals surface area contributed by atoms with Gasteiger partial charge in [0.05, 0.1) is 18.6 Å². The fourth-order valence-corrected chi connectivity index (χ4v) is 2.51. The Morgan fingerprint density at radius 1 is 1.27 bits per heavy atom. The van der Waals surface area contributed by atoms with E-state index >= 15 is 0 Å². The van der Waals surface area contributed by atoms with Crippen molar-refractivity contribution < 1.29 is 24.3 Å². The summed E-state index contributed by atoms with van der Waals surface area (Å²) in [6.45, 7) is 5.33. The molecule has 0 aliphatic carbocycles. The number of hydroxylamine groups is 2. The number of nitrogens with zero attached hydrogens (tertiary/aromatic N) is 1. The quantitative estimate of drug-likeness (QED) is 0.272. The van der Waals surface area contributed by atoms with E-state index in [4.69, 9.17) is 4.74 Å². The molecule has 0 saturated heterocycles. The summed E-state index contributed by atoms with van der Waals surface area (Å²) < 4.78 is 5.26. The minimum Gasteiger partial charge on any atom is -0.461 e. The first-order valence-electron chi connectivity index (χ1n) is 8.85. The number of ether oxygens (including phenoxy) is 1. The fraction of sp³-hybridized carbons (Fsp3) is 0.526. The van der Waals surface area contributed by atoms with Crippen molar-refractivity contribution in [2.75, 3.05) is 6.54 Å². The number of carbonyl (C=O) groups excluding carboxylic acids is 3. The number of hydrogen-bond acceptors (Lipinski definition) is 5. The Balaban J connectivity index is 2.96. The Bertz CT molecular complexity index is 577. The largest absolute Gasteiger partial charge is 0.461 e. The van der Waals surface area contributed by atoms with Crippen LogP contribution in [0.2, 0.25) is 0 Å². The van der Waals surface area contributed by atoms with Crippen LogP contribution in [0.15, 0.2) is 30.3 Å². The second-order valence-electron chi connectivity index (χ2n) is 6.40. The number of carbonyl (C=O) groups is 3. The Morgan fingerprint density at radius 3 is 2.46 bits per heavy atom. The average molecular weight is 364 g/mol. The highest BCUT2D eigenvalue weighted by Gasteiger charge is 2.29. The Morgan fingerprint density at radius 2 is 1.92 bits per heavy atom. The number of nitrogens with one attached hydrogen (secondary N) is 1. The Labute approximate surface area is 154 Å². The van der Waals surface area contributed by atoms with Crippen LogP contribution in [0, 0.1) is 5.92 Å². The molecule has 0 heterocycles. The Kier molecular flexibility index (Phi) is 9.36. The molecule has 144 valence electrons. The van der Waals surface area contributed by atoms with Crippen LogP contribution in [-0.4, -0.2) is 41.2 Å². The normalized spacial score (nSPS) is 13.0. The fourth-order valence-electron chi connectivity index (χ4n) is 2.51. The number of esters is 1. The Hall–Kier alpha value is -2.41. The lowest BCUT2D eigenvalue weighted by atomic mass is 9.99. The van der Waals surface area contributed by atoms with Crippen LogP contribution in [0.5, 0.6) is 0 Å². The van der Waals surface area contributed by atoms with E-state index in [1.165, 1.54) is 0 Å². The van der Waals surface area contributed by atoms with Crippen molar-refractivity contribution >= 4 is 18.3 Å². The van der Waals surface area contributed by atoms with Crippen LogP contribution in [0.3, 0.4) is 0 Å². The zero-order valence-electron chi connectivity index (χ0n) is 15.6. The minimum absolute atomic E-state index is 0.129. The topological polar surface area (TPSA) is 95.9 Å². The summed E-state index contributed by atoms with van der Waals surface area (Å²) in [6, 6.07) is 7.88. The van der Waals surface area contributed by atoms with Crippen molar-refractivity contribution in [1.82, 2.24) is 10.4 Å². The third-order valence-electron chi connectivity index (χ3n) is 3.81. The molecule has 1 aromatic carbocycles. The monoisotopic (exact) mass is 364 g/mol. The van der Waals surface area contributed by atoms with Crippen molar-refractivity contribution in [3.05, 3.63) is 35.9 Å². The standard InChI is InChI=1S/C19H28N2O5/c1-4-5-9-16(12-21(25)13-22)18(23)20-17(19(24)26-14(2)3)15-10-7-6-8-11-15/h6-8,10-11,13-14,16-17,25H,4-5,9,12H2,1-3H3,(H,20,23)/t16-,17+/m1/s1. The first-order chi connectivity index (χ1) is 12.4. The van der Waals surface area contributed by atoms with Crippen molar-refractivity contribution in [1.29, 1.82) is 0 Å². The molecule has 0 spiro atoms. The van der Waals surface area contributed by atoms with E-state index in [1.807, 2.05) is 13.0 Å². The van der Waals surface area contributed by atoms with Gasteiger partial charge in [-0.15, -0.1) is 0 Å². The van der Waals surface area contributed by atoms with E-state index in [-0.39, 0.29) is 19.1 Å². The van der Waals surface area contributed by atoms with Crippen molar-refractivity contribution in [3.8, 4) is 0 Å². The molecule has 1 aromatic rings. The molecule has 2 amide bonds. The molecule has 0 aliphatic heterocycles. The molecule has 0 fully saturated rings. The van der Waals surface area contributed by atoms with Gasteiger partial charge in [0.2, 0.25) is 12.3 Å². The van der Waals surface area contributed by atoms with Crippen LogP contribution in [0.25, 0.3) is 0 Å². The molecule has 0 unspecified atom stereocenters.